The maximum absolute atomic E-state index is 12.4. The molecular weight excluding hydrogens is 468 g/mol. The van der Waals surface area contributed by atoms with Crippen LogP contribution in [-0.4, -0.2) is 30.6 Å². The number of aliphatic imine (C=N–C) groups is 1. The van der Waals surface area contributed by atoms with Crippen molar-refractivity contribution in [2.45, 2.75) is 83.0 Å². The summed E-state index contributed by atoms with van der Waals surface area (Å²) in [4.78, 5) is 21.1. The molecule has 2 aliphatic heterocycles. The number of rotatable bonds is 5. The van der Waals surface area contributed by atoms with E-state index in [-0.39, 0.29) is 17.5 Å². The highest BCUT2D eigenvalue weighted by molar-refractivity contribution is 7.19. The number of nitrogens with zero attached hydrogens (tertiary/aromatic N) is 2. The molecule has 6 rings (SSSR count). The first-order valence-corrected chi connectivity index (χ1v) is 14.1. The average Bonchev–Trinajstić information content (AvgIpc) is 3.35. The van der Waals surface area contributed by atoms with Gasteiger partial charge in [0.25, 0.3) is 0 Å². The normalized spacial score (nSPS) is 21.7. The lowest BCUT2D eigenvalue weighted by molar-refractivity contribution is -0.147. The monoisotopic (exact) mass is 502 g/mol. The fourth-order valence-corrected chi connectivity index (χ4v) is 7.59. The van der Waals surface area contributed by atoms with Crippen LogP contribution in [0.4, 0.5) is 11.4 Å². The number of carbonyl (C=O) groups is 1. The molecule has 1 atom stereocenters. The Morgan fingerprint density at radius 1 is 1.17 bits per heavy atom. The predicted octanol–water partition coefficient (Wildman–Crippen LogP) is 7.45. The SMILES string of the molecule is Cc1cc2ccc3c(c2s1)OC1(C=N3)N(CCCC(=O)OC(C)C)c2ccccc2C12CCCCC2. The van der Waals surface area contributed by atoms with Crippen LogP contribution in [0.5, 0.6) is 5.75 Å². The molecule has 188 valence electrons. The summed E-state index contributed by atoms with van der Waals surface area (Å²) in [5.74, 6) is 0.758. The Kier molecular flexibility index (Phi) is 5.83. The summed E-state index contributed by atoms with van der Waals surface area (Å²) in [6, 6.07) is 15.2. The van der Waals surface area contributed by atoms with Crippen LogP contribution in [0.15, 0.2) is 47.5 Å². The summed E-state index contributed by atoms with van der Waals surface area (Å²) < 4.78 is 13.9. The molecule has 1 unspecified atom stereocenters. The van der Waals surface area contributed by atoms with Gasteiger partial charge in [-0.15, -0.1) is 11.3 Å². The molecule has 6 heteroatoms. The Hall–Kier alpha value is -2.86. The lowest BCUT2D eigenvalue weighted by atomic mass is 9.64. The van der Waals surface area contributed by atoms with Crippen LogP contribution >= 0.6 is 11.3 Å². The summed E-state index contributed by atoms with van der Waals surface area (Å²) in [6.07, 6.45) is 8.82. The third kappa shape index (κ3) is 3.56. The first-order chi connectivity index (χ1) is 17.4. The molecule has 0 radical (unpaired) electrons. The van der Waals surface area contributed by atoms with Gasteiger partial charge in [0.2, 0.25) is 5.72 Å². The van der Waals surface area contributed by atoms with Crippen molar-refractivity contribution in [2.24, 2.45) is 4.99 Å². The van der Waals surface area contributed by atoms with Crippen LogP contribution in [-0.2, 0) is 14.9 Å². The van der Waals surface area contributed by atoms with Crippen molar-refractivity contribution in [1.82, 2.24) is 0 Å². The van der Waals surface area contributed by atoms with Crippen molar-refractivity contribution in [3.8, 4) is 5.75 Å². The molecule has 2 spiro atoms. The number of fused-ring (bicyclic) bond motifs is 6. The van der Waals surface area contributed by atoms with E-state index in [1.165, 1.54) is 45.5 Å². The molecule has 1 aliphatic carbocycles. The van der Waals surface area contributed by atoms with Crippen molar-refractivity contribution in [3.05, 3.63) is 52.9 Å². The highest BCUT2D eigenvalue weighted by atomic mass is 32.1. The summed E-state index contributed by atoms with van der Waals surface area (Å²) in [7, 11) is 0. The van der Waals surface area contributed by atoms with Gasteiger partial charge in [0, 0.05) is 23.5 Å². The summed E-state index contributed by atoms with van der Waals surface area (Å²) in [6.45, 7) is 6.64. The van der Waals surface area contributed by atoms with Gasteiger partial charge in [0.1, 0.15) is 5.69 Å². The van der Waals surface area contributed by atoms with Crippen LogP contribution in [0, 0.1) is 6.92 Å². The van der Waals surface area contributed by atoms with Gasteiger partial charge in [-0.3, -0.25) is 9.79 Å². The Labute approximate surface area is 217 Å². The number of aryl methyl sites for hydroxylation is 1. The lowest BCUT2D eigenvalue weighted by Gasteiger charge is -2.50. The van der Waals surface area contributed by atoms with Crippen molar-refractivity contribution < 1.29 is 14.3 Å². The second-order valence-corrected chi connectivity index (χ2v) is 12.0. The number of ether oxygens (including phenoxy) is 2. The largest absolute Gasteiger partial charge is 0.463 e. The van der Waals surface area contributed by atoms with E-state index >= 15 is 0 Å². The summed E-state index contributed by atoms with van der Waals surface area (Å²) >= 11 is 1.78. The van der Waals surface area contributed by atoms with E-state index in [9.17, 15) is 4.79 Å². The molecule has 0 saturated heterocycles. The van der Waals surface area contributed by atoms with E-state index < -0.39 is 5.72 Å². The van der Waals surface area contributed by atoms with E-state index in [1.807, 2.05) is 13.8 Å². The first kappa shape index (κ1) is 23.5. The molecule has 1 saturated carbocycles. The van der Waals surface area contributed by atoms with Gasteiger partial charge in [0.05, 0.1) is 22.4 Å². The molecule has 2 aromatic carbocycles. The molecule has 0 N–H and O–H groups in total. The fourth-order valence-electron chi connectivity index (χ4n) is 6.60. The minimum Gasteiger partial charge on any atom is -0.463 e. The van der Waals surface area contributed by atoms with Gasteiger partial charge < -0.3 is 14.4 Å². The highest BCUT2D eigenvalue weighted by Gasteiger charge is 2.64. The standard InChI is InChI=1S/C30H34N2O3S/c1-20(2)34-26(33)12-9-17-32-25-11-6-5-10-23(25)29(15-7-4-8-16-29)30(32)19-31-24-14-13-22-18-21(3)36-28(22)27(24)35-30/h5-6,10-11,13-14,18-20H,4,7-9,12,15-17H2,1-3H3. The molecule has 3 aromatic rings. The van der Waals surface area contributed by atoms with Gasteiger partial charge in [-0.05, 0) is 69.2 Å². The van der Waals surface area contributed by atoms with Gasteiger partial charge >= 0.3 is 5.97 Å². The second kappa shape index (κ2) is 8.91. The molecule has 1 aromatic heterocycles. The number of benzene rings is 2. The number of hydrogen-bond acceptors (Lipinski definition) is 6. The minimum absolute atomic E-state index is 0.0937. The minimum atomic E-state index is -0.710. The van der Waals surface area contributed by atoms with E-state index in [1.54, 1.807) is 11.3 Å². The van der Waals surface area contributed by atoms with Crippen LogP contribution in [0.1, 0.15) is 69.2 Å². The average molecular weight is 503 g/mol. The van der Waals surface area contributed by atoms with Gasteiger partial charge in [-0.2, -0.15) is 0 Å². The molecule has 1 fully saturated rings. The Bertz CT molecular complexity index is 1340. The van der Waals surface area contributed by atoms with E-state index in [4.69, 9.17) is 14.5 Å². The number of para-hydroxylation sites is 1. The second-order valence-electron chi connectivity index (χ2n) is 10.7. The maximum Gasteiger partial charge on any atom is 0.306 e. The fraction of sp³-hybridized carbons (Fsp3) is 0.467. The van der Waals surface area contributed by atoms with Crippen LogP contribution in [0.2, 0.25) is 0 Å². The molecule has 36 heavy (non-hydrogen) atoms. The molecule has 5 nitrogen and oxygen atoms in total. The predicted molar refractivity (Wildman–Crippen MR) is 147 cm³/mol. The zero-order valence-electron chi connectivity index (χ0n) is 21.4. The summed E-state index contributed by atoms with van der Waals surface area (Å²) in [5.41, 5.74) is 2.59. The van der Waals surface area contributed by atoms with E-state index in [0.29, 0.717) is 19.4 Å². The molecule has 0 amide bonds. The van der Waals surface area contributed by atoms with Crippen molar-refractivity contribution >= 4 is 45.0 Å². The third-order valence-electron chi connectivity index (χ3n) is 8.01. The van der Waals surface area contributed by atoms with Crippen molar-refractivity contribution in [2.75, 3.05) is 11.4 Å². The zero-order chi connectivity index (χ0) is 24.9. The van der Waals surface area contributed by atoms with E-state index in [0.717, 1.165) is 24.3 Å². The number of thiophene rings is 1. The van der Waals surface area contributed by atoms with Gasteiger partial charge in [0.15, 0.2) is 5.75 Å². The summed E-state index contributed by atoms with van der Waals surface area (Å²) in [5, 5.41) is 1.21. The van der Waals surface area contributed by atoms with Crippen molar-refractivity contribution in [3.63, 3.8) is 0 Å². The number of esters is 1. The van der Waals surface area contributed by atoms with E-state index in [2.05, 4.69) is 60.5 Å². The van der Waals surface area contributed by atoms with Gasteiger partial charge in [-0.25, -0.2) is 0 Å². The lowest BCUT2D eigenvalue weighted by Crippen LogP contribution is -2.64. The van der Waals surface area contributed by atoms with Crippen LogP contribution in [0.3, 0.4) is 0 Å². The number of carbonyl (C=O) groups excluding carboxylic acids is 1. The smallest absolute Gasteiger partial charge is 0.306 e. The molecule has 3 aliphatic rings. The molecule has 3 heterocycles. The van der Waals surface area contributed by atoms with Gasteiger partial charge in [-0.1, -0.05) is 43.5 Å². The van der Waals surface area contributed by atoms with Crippen LogP contribution in [0.25, 0.3) is 10.1 Å². The van der Waals surface area contributed by atoms with Crippen molar-refractivity contribution in [1.29, 1.82) is 0 Å². The highest BCUT2D eigenvalue weighted by Crippen LogP contribution is 2.60. The molecular formula is C30H34N2O3S. The van der Waals surface area contributed by atoms with Crippen LogP contribution < -0.4 is 9.64 Å². The Morgan fingerprint density at radius 2 is 1.97 bits per heavy atom. The third-order valence-corrected chi connectivity index (χ3v) is 9.08. The first-order valence-electron chi connectivity index (χ1n) is 13.3. The quantitative estimate of drug-likeness (QED) is 0.340. The molecule has 0 bridgehead atoms. The Morgan fingerprint density at radius 3 is 2.78 bits per heavy atom. The number of anilines is 1. The zero-order valence-corrected chi connectivity index (χ0v) is 22.2. The Balaban J connectivity index is 1.45. The maximum atomic E-state index is 12.4. The number of hydrogen-bond donors (Lipinski definition) is 0. The topological polar surface area (TPSA) is 51.1 Å².